The van der Waals surface area contributed by atoms with E-state index in [-0.39, 0.29) is 23.3 Å². The highest BCUT2D eigenvalue weighted by Crippen LogP contribution is 2.38. The van der Waals surface area contributed by atoms with Crippen LogP contribution in [-0.4, -0.2) is 41.0 Å². The Balaban J connectivity index is 1.73. The number of nitrogens with one attached hydrogen (secondary N) is 2. The van der Waals surface area contributed by atoms with Crippen molar-refractivity contribution in [2.75, 3.05) is 0 Å². The molecule has 1 saturated carbocycles. The number of amides is 1. The Morgan fingerprint density at radius 2 is 1.73 bits per heavy atom. The van der Waals surface area contributed by atoms with Crippen LogP contribution in [0.5, 0.6) is 0 Å². The lowest BCUT2D eigenvalue weighted by molar-refractivity contribution is -0.0712. The maximum absolute atomic E-state index is 11.7. The second kappa shape index (κ2) is 5.68. The number of alkyl carbamates (subject to hydrolysis) is 1. The number of carbonyl (C=O) groups excluding carboxylic acids is 1. The maximum Gasteiger partial charge on any atom is 0.407 e. The number of hydrogen-bond donors (Lipinski definition) is 2. The van der Waals surface area contributed by atoms with Crippen LogP contribution in [-0.2, 0) is 9.47 Å². The van der Waals surface area contributed by atoms with Crippen LogP contribution in [0, 0.1) is 0 Å². The first kappa shape index (κ1) is 17.5. The molecule has 22 heavy (non-hydrogen) atoms. The van der Waals surface area contributed by atoms with Crippen molar-refractivity contribution in [1.29, 1.82) is 0 Å². The third-order valence-electron chi connectivity index (χ3n) is 4.37. The molecule has 0 aromatic carbocycles. The van der Waals surface area contributed by atoms with E-state index in [2.05, 4.69) is 38.3 Å². The average Bonchev–Trinajstić information content (AvgIpc) is 2.40. The Bertz CT molecular complexity index is 420. The molecule has 2 aliphatic rings. The van der Waals surface area contributed by atoms with Crippen molar-refractivity contribution in [2.45, 2.75) is 103 Å². The predicted molar refractivity (Wildman–Crippen MR) is 87.0 cm³/mol. The zero-order valence-corrected chi connectivity index (χ0v) is 15.1. The lowest BCUT2D eigenvalue weighted by Crippen LogP contribution is -2.57. The fourth-order valence-electron chi connectivity index (χ4n) is 3.45. The topological polar surface area (TPSA) is 59.6 Å². The third-order valence-corrected chi connectivity index (χ3v) is 4.37. The van der Waals surface area contributed by atoms with Crippen molar-refractivity contribution in [1.82, 2.24) is 10.6 Å². The standard InChI is InChI=1S/C17H32N2O3/c1-15(2,3)21-14(20)19-12-8-11(9-12)18-13-10-16(4,5)22-17(13,6)7/h11-13,18H,8-10H2,1-7H3,(H,19,20). The summed E-state index contributed by atoms with van der Waals surface area (Å²) in [5.41, 5.74) is -0.658. The molecule has 0 radical (unpaired) electrons. The first-order valence-corrected chi connectivity index (χ1v) is 8.32. The highest BCUT2D eigenvalue weighted by molar-refractivity contribution is 5.68. The molecular formula is C17H32N2O3. The Kier molecular flexibility index (Phi) is 4.53. The second-order valence-electron chi connectivity index (χ2n) is 8.90. The summed E-state index contributed by atoms with van der Waals surface area (Å²) in [5, 5.41) is 6.63. The van der Waals surface area contributed by atoms with Gasteiger partial charge in [-0.3, -0.25) is 0 Å². The molecule has 1 aliphatic heterocycles. The fourth-order valence-corrected chi connectivity index (χ4v) is 3.45. The van der Waals surface area contributed by atoms with Crippen LogP contribution >= 0.6 is 0 Å². The molecule has 0 spiro atoms. The lowest BCUT2D eigenvalue weighted by atomic mass is 9.84. The third kappa shape index (κ3) is 4.59. The molecule has 1 amide bonds. The van der Waals surface area contributed by atoms with E-state index in [1.807, 2.05) is 20.8 Å². The van der Waals surface area contributed by atoms with Crippen LogP contribution in [0.15, 0.2) is 0 Å². The molecule has 1 saturated heterocycles. The summed E-state index contributed by atoms with van der Waals surface area (Å²) in [5.74, 6) is 0. The Labute approximate surface area is 134 Å². The first-order chi connectivity index (χ1) is 9.86. The van der Waals surface area contributed by atoms with E-state index in [0.29, 0.717) is 12.1 Å². The summed E-state index contributed by atoms with van der Waals surface area (Å²) in [7, 11) is 0. The van der Waals surface area contributed by atoms with Crippen molar-refractivity contribution in [2.24, 2.45) is 0 Å². The van der Waals surface area contributed by atoms with Crippen molar-refractivity contribution >= 4 is 6.09 Å². The number of carbonyl (C=O) groups is 1. The Morgan fingerprint density at radius 3 is 2.18 bits per heavy atom. The van der Waals surface area contributed by atoms with Gasteiger partial charge in [0.1, 0.15) is 5.60 Å². The van der Waals surface area contributed by atoms with Crippen LogP contribution < -0.4 is 10.6 Å². The van der Waals surface area contributed by atoms with Crippen LogP contribution in [0.2, 0.25) is 0 Å². The van der Waals surface area contributed by atoms with Gasteiger partial charge in [-0.05, 0) is 67.7 Å². The monoisotopic (exact) mass is 312 g/mol. The van der Waals surface area contributed by atoms with Gasteiger partial charge >= 0.3 is 6.09 Å². The van der Waals surface area contributed by atoms with Gasteiger partial charge < -0.3 is 20.1 Å². The quantitative estimate of drug-likeness (QED) is 0.841. The fraction of sp³-hybridized carbons (Fsp3) is 0.941. The predicted octanol–water partition coefficient (Wildman–Crippen LogP) is 2.98. The highest BCUT2D eigenvalue weighted by Gasteiger charge is 2.47. The molecule has 5 heteroatoms. The summed E-state index contributed by atoms with van der Waals surface area (Å²) in [4.78, 5) is 11.7. The molecule has 2 rings (SSSR count). The Morgan fingerprint density at radius 1 is 1.14 bits per heavy atom. The normalized spacial score (nSPS) is 33.1. The van der Waals surface area contributed by atoms with Gasteiger partial charge in [0.15, 0.2) is 0 Å². The maximum atomic E-state index is 11.7. The zero-order valence-electron chi connectivity index (χ0n) is 15.1. The number of rotatable bonds is 3. The summed E-state index contributed by atoms with van der Waals surface area (Å²) in [6.07, 6.45) is 2.60. The minimum absolute atomic E-state index is 0.0704. The van der Waals surface area contributed by atoms with Crippen molar-refractivity contribution in [3.05, 3.63) is 0 Å². The molecule has 2 N–H and O–H groups in total. The van der Waals surface area contributed by atoms with Crippen LogP contribution in [0.25, 0.3) is 0 Å². The Hall–Kier alpha value is -0.810. The molecule has 1 heterocycles. The summed E-state index contributed by atoms with van der Waals surface area (Å²) < 4.78 is 11.4. The van der Waals surface area contributed by atoms with Crippen LogP contribution in [0.3, 0.4) is 0 Å². The number of hydrogen-bond acceptors (Lipinski definition) is 4. The molecule has 2 fully saturated rings. The minimum Gasteiger partial charge on any atom is -0.444 e. The molecule has 1 aliphatic carbocycles. The van der Waals surface area contributed by atoms with Crippen molar-refractivity contribution < 1.29 is 14.3 Å². The molecule has 1 unspecified atom stereocenters. The summed E-state index contributed by atoms with van der Waals surface area (Å²) in [6.45, 7) is 14.2. The van der Waals surface area contributed by atoms with E-state index in [1.54, 1.807) is 0 Å². The van der Waals surface area contributed by atoms with Crippen LogP contribution in [0.4, 0.5) is 4.79 Å². The summed E-state index contributed by atoms with van der Waals surface area (Å²) >= 11 is 0. The largest absolute Gasteiger partial charge is 0.444 e. The average molecular weight is 312 g/mol. The molecule has 1 atom stereocenters. The molecular weight excluding hydrogens is 280 g/mol. The van der Waals surface area contributed by atoms with E-state index < -0.39 is 5.60 Å². The van der Waals surface area contributed by atoms with Crippen molar-refractivity contribution in [3.63, 3.8) is 0 Å². The van der Waals surface area contributed by atoms with Gasteiger partial charge in [0.25, 0.3) is 0 Å². The van der Waals surface area contributed by atoms with E-state index in [4.69, 9.17) is 9.47 Å². The SMILES string of the molecule is CC(C)(C)OC(=O)NC1CC(NC2CC(C)(C)OC2(C)C)C1. The molecule has 5 nitrogen and oxygen atoms in total. The van der Waals surface area contributed by atoms with Gasteiger partial charge in [-0.1, -0.05) is 0 Å². The van der Waals surface area contributed by atoms with Crippen molar-refractivity contribution in [3.8, 4) is 0 Å². The van der Waals surface area contributed by atoms with Gasteiger partial charge in [0, 0.05) is 18.1 Å². The van der Waals surface area contributed by atoms with E-state index in [1.165, 1.54) is 0 Å². The summed E-state index contributed by atoms with van der Waals surface area (Å²) in [6, 6.07) is 1.02. The molecule has 128 valence electrons. The van der Waals surface area contributed by atoms with E-state index in [9.17, 15) is 4.79 Å². The van der Waals surface area contributed by atoms with E-state index in [0.717, 1.165) is 19.3 Å². The molecule has 0 bridgehead atoms. The first-order valence-electron chi connectivity index (χ1n) is 8.32. The second-order valence-corrected chi connectivity index (χ2v) is 8.90. The van der Waals surface area contributed by atoms with Gasteiger partial charge in [0.2, 0.25) is 0 Å². The molecule has 0 aromatic rings. The van der Waals surface area contributed by atoms with Gasteiger partial charge in [-0.2, -0.15) is 0 Å². The van der Waals surface area contributed by atoms with Gasteiger partial charge in [-0.15, -0.1) is 0 Å². The van der Waals surface area contributed by atoms with Crippen LogP contribution in [0.1, 0.15) is 67.7 Å². The van der Waals surface area contributed by atoms with Gasteiger partial charge in [0.05, 0.1) is 11.2 Å². The molecule has 0 aromatic heterocycles. The minimum atomic E-state index is -0.442. The zero-order chi connectivity index (χ0) is 16.8. The highest BCUT2D eigenvalue weighted by atomic mass is 16.6. The van der Waals surface area contributed by atoms with Gasteiger partial charge in [-0.25, -0.2) is 4.79 Å². The smallest absolute Gasteiger partial charge is 0.407 e. The lowest BCUT2D eigenvalue weighted by Gasteiger charge is -2.40. The number of ether oxygens (including phenoxy) is 2. The van der Waals surface area contributed by atoms with E-state index >= 15 is 0 Å².